The molecule has 0 aliphatic carbocycles. The number of hydrogen-bond acceptors (Lipinski definition) is 4. The third kappa shape index (κ3) is 4.74. The van der Waals surface area contributed by atoms with Crippen molar-refractivity contribution < 1.29 is 32.2 Å². The van der Waals surface area contributed by atoms with Crippen LogP contribution in [-0.2, 0) is 9.53 Å². The molecule has 0 saturated carbocycles. The lowest BCUT2D eigenvalue weighted by Gasteiger charge is -2.26. The standard InChI is InChI=1S/C14H18F3NO4/c15-14(16,17)9-21-8-13(20)18-5-1-3-10(18)7-11(19)12-4-2-6-22-12/h2,4,6,10-11,19H,1,3,5,7-9H2. The quantitative estimate of drug-likeness (QED) is 0.873. The van der Waals surface area contributed by atoms with E-state index in [1.54, 1.807) is 12.1 Å². The van der Waals surface area contributed by atoms with Gasteiger partial charge < -0.3 is 19.2 Å². The van der Waals surface area contributed by atoms with Gasteiger partial charge in [0, 0.05) is 19.0 Å². The van der Waals surface area contributed by atoms with Gasteiger partial charge in [-0.3, -0.25) is 4.79 Å². The zero-order valence-electron chi connectivity index (χ0n) is 11.9. The fourth-order valence-electron chi connectivity index (χ4n) is 2.60. The summed E-state index contributed by atoms with van der Waals surface area (Å²) in [5.74, 6) is -0.0778. The highest BCUT2D eigenvalue weighted by molar-refractivity contribution is 5.78. The second-order valence-corrected chi connectivity index (χ2v) is 5.26. The molecular weight excluding hydrogens is 303 g/mol. The van der Waals surface area contributed by atoms with Crippen LogP contribution in [0.4, 0.5) is 13.2 Å². The zero-order chi connectivity index (χ0) is 16.2. The highest BCUT2D eigenvalue weighted by atomic mass is 19.4. The largest absolute Gasteiger partial charge is 0.467 e. The van der Waals surface area contributed by atoms with Gasteiger partial charge in [-0.25, -0.2) is 0 Å². The molecule has 0 spiro atoms. The van der Waals surface area contributed by atoms with Gasteiger partial charge in [0.25, 0.3) is 0 Å². The van der Waals surface area contributed by atoms with Crippen LogP contribution in [0.3, 0.4) is 0 Å². The summed E-state index contributed by atoms with van der Waals surface area (Å²) in [6.07, 6.45) is -2.10. The van der Waals surface area contributed by atoms with Gasteiger partial charge in [-0.1, -0.05) is 0 Å². The minimum Gasteiger partial charge on any atom is -0.467 e. The fourth-order valence-corrected chi connectivity index (χ4v) is 2.60. The molecule has 1 aromatic heterocycles. The van der Waals surface area contributed by atoms with E-state index in [0.717, 1.165) is 6.42 Å². The molecule has 1 N–H and O–H groups in total. The third-order valence-corrected chi connectivity index (χ3v) is 3.56. The van der Waals surface area contributed by atoms with E-state index < -0.39 is 31.4 Å². The van der Waals surface area contributed by atoms with E-state index in [2.05, 4.69) is 4.74 Å². The van der Waals surface area contributed by atoms with Crippen LogP contribution in [0.1, 0.15) is 31.1 Å². The first-order valence-electron chi connectivity index (χ1n) is 7.02. The molecule has 0 bridgehead atoms. The summed E-state index contributed by atoms with van der Waals surface area (Å²) in [5.41, 5.74) is 0. The van der Waals surface area contributed by atoms with Crippen LogP contribution >= 0.6 is 0 Å². The van der Waals surface area contributed by atoms with Crippen molar-refractivity contribution >= 4 is 5.91 Å². The van der Waals surface area contributed by atoms with Crippen molar-refractivity contribution in [3.63, 3.8) is 0 Å². The number of ether oxygens (including phenoxy) is 1. The molecule has 0 aromatic carbocycles. The van der Waals surface area contributed by atoms with Crippen molar-refractivity contribution in [1.29, 1.82) is 0 Å². The molecule has 1 saturated heterocycles. The number of furan rings is 1. The summed E-state index contributed by atoms with van der Waals surface area (Å²) >= 11 is 0. The first kappa shape index (κ1) is 16.8. The Balaban J connectivity index is 1.83. The summed E-state index contributed by atoms with van der Waals surface area (Å²) in [6, 6.07) is 3.07. The summed E-state index contributed by atoms with van der Waals surface area (Å²) < 4.78 is 45.5. The van der Waals surface area contributed by atoms with Gasteiger partial charge in [-0.05, 0) is 25.0 Å². The SMILES string of the molecule is O=C(COCC(F)(F)F)N1CCCC1CC(O)c1ccco1. The molecule has 0 radical (unpaired) electrons. The molecule has 8 heteroatoms. The van der Waals surface area contributed by atoms with Crippen molar-refractivity contribution in [2.45, 2.75) is 37.6 Å². The average molecular weight is 321 g/mol. The van der Waals surface area contributed by atoms with Gasteiger partial charge in [0.05, 0.1) is 6.26 Å². The number of nitrogens with zero attached hydrogens (tertiary/aromatic N) is 1. The average Bonchev–Trinajstić information content (AvgIpc) is 3.07. The van der Waals surface area contributed by atoms with Crippen molar-refractivity contribution in [2.75, 3.05) is 19.8 Å². The lowest BCUT2D eigenvalue weighted by molar-refractivity contribution is -0.178. The second-order valence-electron chi connectivity index (χ2n) is 5.26. The summed E-state index contributed by atoms with van der Waals surface area (Å²) in [5, 5.41) is 10.0. The Labute approximate surface area is 125 Å². The van der Waals surface area contributed by atoms with Crippen molar-refractivity contribution in [1.82, 2.24) is 4.90 Å². The number of carbonyl (C=O) groups is 1. The lowest BCUT2D eigenvalue weighted by atomic mass is 10.1. The van der Waals surface area contributed by atoms with Gasteiger partial charge in [-0.15, -0.1) is 0 Å². The molecule has 124 valence electrons. The van der Waals surface area contributed by atoms with E-state index in [1.165, 1.54) is 11.2 Å². The van der Waals surface area contributed by atoms with Crippen LogP contribution in [0, 0.1) is 0 Å². The van der Waals surface area contributed by atoms with Gasteiger partial charge in [0.2, 0.25) is 5.91 Å². The number of rotatable bonds is 6. The minimum atomic E-state index is -4.44. The van der Waals surface area contributed by atoms with E-state index in [4.69, 9.17) is 4.42 Å². The molecule has 1 fully saturated rings. The monoisotopic (exact) mass is 321 g/mol. The highest BCUT2D eigenvalue weighted by Crippen LogP contribution is 2.27. The van der Waals surface area contributed by atoms with E-state index >= 15 is 0 Å². The first-order valence-corrected chi connectivity index (χ1v) is 7.02. The molecule has 22 heavy (non-hydrogen) atoms. The van der Waals surface area contributed by atoms with E-state index in [1.807, 2.05) is 0 Å². The van der Waals surface area contributed by atoms with Crippen LogP contribution in [0.2, 0.25) is 0 Å². The lowest BCUT2D eigenvalue weighted by Crippen LogP contribution is -2.39. The zero-order valence-corrected chi connectivity index (χ0v) is 11.9. The van der Waals surface area contributed by atoms with Crippen LogP contribution in [-0.4, -0.2) is 47.9 Å². The number of amides is 1. The van der Waals surface area contributed by atoms with Gasteiger partial charge >= 0.3 is 6.18 Å². The van der Waals surface area contributed by atoms with Crippen molar-refractivity contribution in [3.8, 4) is 0 Å². The number of aliphatic hydroxyl groups is 1. The van der Waals surface area contributed by atoms with Gasteiger partial charge in [0.15, 0.2) is 0 Å². The van der Waals surface area contributed by atoms with E-state index in [9.17, 15) is 23.1 Å². The molecule has 2 rings (SSSR count). The molecule has 5 nitrogen and oxygen atoms in total. The number of aliphatic hydroxyl groups excluding tert-OH is 1. The van der Waals surface area contributed by atoms with Crippen molar-refractivity contribution in [2.24, 2.45) is 0 Å². The maximum Gasteiger partial charge on any atom is 0.411 e. The predicted molar refractivity (Wildman–Crippen MR) is 69.9 cm³/mol. The Morgan fingerprint density at radius 2 is 2.32 bits per heavy atom. The Morgan fingerprint density at radius 3 is 2.95 bits per heavy atom. The minimum absolute atomic E-state index is 0.220. The number of alkyl halides is 3. The van der Waals surface area contributed by atoms with E-state index in [0.29, 0.717) is 25.1 Å². The predicted octanol–water partition coefficient (Wildman–Crippen LogP) is 2.27. The third-order valence-electron chi connectivity index (χ3n) is 3.56. The van der Waals surface area contributed by atoms with Gasteiger partial charge in [0.1, 0.15) is 25.1 Å². The van der Waals surface area contributed by atoms with Crippen LogP contribution in [0.15, 0.2) is 22.8 Å². The van der Waals surface area contributed by atoms with E-state index in [-0.39, 0.29) is 6.04 Å². The maximum absolute atomic E-state index is 12.0. The normalized spacial score (nSPS) is 20.4. The first-order chi connectivity index (χ1) is 10.4. The van der Waals surface area contributed by atoms with Gasteiger partial charge in [-0.2, -0.15) is 13.2 Å². The van der Waals surface area contributed by atoms with Crippen molar-refractivity contribution in [3.05, 3.63) is 24.2 Å². The second kappa shape index (κ2) is 7.15. The molecule has 1 aromatic rings. The Bertz CT molecular complexity index is 475. The topological polar surface area (TPSA) is 62.9 Å². The molecule has 2 heterocycles. The number of hydrogen-bond donors (Lipinski definition) is 1. The molecular formula is C14H18F3NO4. The van der Waals surface area contributed by atoms with Crippen LogP contribution in [0.5, 0.6) is 0 Å². The number of halogens is 3. The highest BCUT2D eigenvalue weighted by Gasteiger charge is 2.32. The van der Waals surface area contributed by atoms with Crippen LogP contribution < -0.4 is 0 Å². The number of likely N-dealkylation sites (tertiary alicyclic amines) is 1. The Kier molecular flexibility index (Phi) is 5.47. The molecule has 1 aliphatic rings. The van der Waals surface area contributed by atoms with Crippen LogP contribution in [0.25, 0.3) is 0 Å². The molecule has 1 aliphatic heterocycles. The smallest absolute Gasteiger partial charge is 0.411 e. The maximum atomic E-state index is 12.0. The summed E-state index contributed by atoms with van der Waals surface area (Å²) in [7, 11) is 0. The summed E-state index contributed by atoms with van der Waals surface area (Å²) in [4.78, 5) is 13.4. The number of carbonyl (C=O) groups excluding carboxylic acids is 1. The summed E-state index contributed by atoms with van der Waals surface area (Å²) in [6.45, 7) is -1.58. The fraction of sp³-hybridized carbons (Fsp3) is 0.643. The Morgan fingerprint density at radius 1 is 1.55 bits per heavy atom. The Hall–Kier alpha value is -1.54. The molecule has 1 amide bonds. The molecule has 2 atom stereocenters. The molecule has 2 unspecified atom stereocenters.